The molecule has 1 saturated heterocycles. The highest BCUT2D eigenvalue weighted by Gasteiger charge is 2.37. The van der Waals surface area contributed by atoms with Gasteiger partial charge < -0.3 is 0 Å². The Morgan fingerprint density at radius 2 is 1.63 bits per heavy atom. The summed E-state index contributed by atoms with van der Waals surface area (Å²) in [6.07, 6.45) is 1.80. The maximum Gasteiger partial charge on any atom is 0.267 e. The average molecular weight is 453 g/mol. The van der Waals surface area contributed by atoms with Crippen LogP contribution in [-0.2, 0) is 4.79 Å². The molecule has 150 valence electrons. The fourth-order valence-corrected chi connectivity index (χ4v) is 4.68. The number of hydrogen-bond donors (Lipinski definition) is 0. The number of aliphatic imine (C=N–C) groups is 1. The smallest absolute Gasteiger partial charge is 0.267 e. The number of hydrogen-bond acceptors (Lipinski definition) is 3. The number of halogens is 2. The van der Waals surface area contributed by atoms with Crippen LogP contribution in [0.25, 0.3) is 6.08 Å². The first-order chi connectivity index (χ1) is 14.5. The summed E-state index contributed by atoms with van der Waals surface area (Å²) < 4.78 is 0. The second-order valence-corrected chi connectivity index (χ2v) is 8.62. The summed E-state index contributed by atoms with van der Waals surface area (Å²) in [5, 5.41) is 1.69. The summed E-state index contributed by atoms with van der Waals surface area (Å²) in [7, 11) is 0. The monoisotopic (exact) mass is 452 g/mol. The topological polar surface area (TPSA) is 32.7 Å². The molecule has 0 saturated carbocycles. The zero-order chi connectivity index (χ0) is 21.1. The molecule has 1 amide bonds. The van der Waals surface area contributed by atoms with Crippen LogP contribution in [0.5, 0.6) is 0 Å². The van der Waals surface area contributed by atoms with Gasteiger partial charge in [0, 0.05) is 10.0 Å². The Kier molecular flexibility index (Phi) is 6.28. The molecule has 1 aliphatic rings. The number of rotatable bonds is 4. The quantitative estimate of drug-likeness (QED) is 0.387. The van der Waals surface area contributed by atoms with Gasteiger partial charge in [-0.15, -0.1) is 0 Å². The van der Waals surface area contributed by atoms with E-state index in [9.17, 15) is 4.79 Å². The van der Waals surface area contributed by atoms with E-state index >= 15 is 0 Å². The van der Waals surface area contributed by atoms with E-state index in [4.69, 9.17) is 28.2 Å². The Labute approximate surface area is 190 Å². The van der Waals surface area contributed by atoms with Gasteiger partial charge in [-0.2, -0.15) is 0 Å². The van der Waals surface area contributed by atoms with Gasteiger partial charge in [0.1, 0.15) is 0 Å². The molecular weight excluding hydrogens is 435 g/mol. The third kappa shape index (κ3) is 4.46. The highest BCUT2D eigenvalue weighted by molar-refractivity contribution is 8.18. The summed E-state index contributed by atoms with van der Waals surface area (Å²) in [6, 6.07) is 24.6. The van der Waals surface area contributed by atoms with Crippen molar-refractivity contribution in [3.05, 3.63) is 105 Å². The summed E-state index contributed by atoms with van der Waals surface area (Å²) in [6.45, 7) is 2.01. The summed E-state index contributed by atoms with van der Waals surface area (Å²) in [5.41, 5.74) is 2.58. The lowest BCUT2D eigenvalue weighted by atomic mass is 10.1. The molecule has 0 bridgehead atoms. The van der Waals surface area contributed by atoms with E-state index in [2.05, 4.69) is 0 Å². The van der Waals surface area contributed by atoms with Gasteiger partial charge in [-0.25, -0.2) is 4.99 Å². The Morgan fingerprint density at radius 1 is 0.967 bits per heavy atom. The van der Waals surface area contributed by atoms with Gasteiger partial charge in [0.2, 0.25) is 0 Å². The molecule has 6 heteroatoms. The molecule has 1 heterocycles. The molecular formula is C24H18Cl2N2OS. The fraction of sp³-hybridized carbons (Fsp3) is 0.0833. The number of benzene rings is 3. The predicted octanol–water partition coefficient (Wildman–Crippen LogP) is 7.36. The van der Waals surface area contributed by atoms with Gasteiger partial charge in [0.15, 0.2) is 5.17 Å². The highest BCUT2D eigenvalue weighted by Crippen LogP contribution is 2.39. The second kappa shape index (κ2) is 9.09. The zero-order valence-corrected chi connectivity index (χ0v) is 18.5. The molecule has 0 aromatic heterocycles. The molecule has 0 unspecified atom stereocenters. The molecule has 3 aromatic carbocycles. The van der Waals surface area contributed by atoms with E-state index < -0.39 is 0 Å². The van der Waals surface area contributed by atoms with Crippen LogP contribution in [0, 0.1) is 0 Å². The van der Waals surface area contributed by atoms with E-state index in [1.165, 1.54) is 11.8 Å². The van der Waals surface area contributed by atoms with Gasteiger partial charge in [0.25, 0.3) is 5.91 Å². The fourth-order valence-electron chi connectivity index (χ4n) is 3.16. The van der Waals surface area contributed by atoms with Crippen molar-refractivity contribution in [2.45, 2.75) is 13.0 Å². The van der Waals surface area contributed by atoms with Crippen LogP contribution in [0.3, 0.4) is 0 Å². The van der Waals surface area contributed by atoms with Crippen molar-refractivity contribution in [3.63, 3.8) is 0 Å². The van der Waals surface area contributed by atoms with E-state index in [0.717, 1.165) is 16.8 Å². The normalized spacial score (nSPS) is 17.7. The molecule has 1 atom stereocenters. The molecule has 0 radical (unpaired) electrons. The Bertz CT molecular complexity index is 1130. The van der Waals surface area contributed by atoms with Crippen LogP contribution in [-0.4, -0.2) is 16.0 Å². The van der Waals surface area contributed by atoms with Crippen LogP contribution in [0.4, 0.5) is 5.69 Å². The van der Waals surface area contributed by atoms with Gasteiger partial charge in [-0.3, -0.25) is 9.69 Å². The van der Waals surface area contributed by atoms with Gasteiger partial charge in [0.05, 0.1) is 16.6 Å². The minimum Gasteiger partial charge on any atom is -0.279 e. The lowest BCUT2D eigenvalue weighted by Crippen LogP contribution is -2.32. The molecule has 0 spiro atoms. The Morgan fingerprint density at radius 3 is 2.30 bits per heavy atom. The van der Waals surface area contributed by atoms with Crippen molar-refractivity contribution in [2.75, 3.05) is 0 Å². The minimum atomic E-state index is -0.166. The maximum absolute atomic E-state index is 13.4. The molecule has 0 aliphatic carbocycles. The van der Waals surface area contributed by atoms with Crippen molar-refractivity contribution in [3.8, 4) is 0 Å². The van der Waals surface area contributed by atoms with E-state index in [-0.39, 0.29) is 11.9 Å². The molecule has 30 heavy (non-hydrogen) atoms. The second-order valence-electron chi connectivity index (χ2n) is 6.77. The summed E-state index contributed by atoms with van der Waals surface area (Å²) >= 11 is 13.7. The lowest BCUT2D eigenvalue weighted by molar-refractivity contribution is -0.123. The van der Waals surface area contributed by atoms with Crippen LogP contribution in [0.15, 0.2) is 88.8 Å². The molecule has 1 fully saturated rings. The van der Waals surface area contributed by atoms with E-state index in [1.54, 1.807) is 23.1 Å². The number of amidine groups is 1. The number of thioether (sulfide) groups is 1. The highest BCUT2D eigenvalue weighted by atomic mass is 35.5. The standard InChI is InChI=1S/C24H18Cl2N2OS/c1-16(17-8-4-2-5-9-17)28-23(29)22(14-18-12-13-19(25)15-21(18)26)30-24(28)27-20-10-6-3-7-11-20/h2-16H,1H3/b22-14+,27-24?/t16-/m1/s1. The lowest BCUT2D eigenvalue weighted by Gasteiger charge is -2.24. The SMILES string of the molecule is C[C@H](c1ccccc1)N1C(=O)/C(=C\c2ccc(Cl)cc2Cl)SC1=Nc1ccccc1. The molecule has 3 nitrogen and oxygen atoms in total. The van der Waals surface area contributed by atoms with Crippen LogP contribution in [0.2, 0.25) is 10.0 Å². The first-order valence-corrected chi connectivity index (χ1v) is 11.0. The first-order valence-electron chi connectivity index (χ1n) is 9.40. The van der Waals surface area contributed by atoms with Gasteiger partial charge in [-0.1, -0.05) is 77.8 Å². The summed E-state index contributed by atoms with van der Waals surface area (Å²) in [5.74, 6) is -0.1000. The molecule has 4 rings (SSSR count). The van der Waals surface area contributed by atoms with Crippen molar-refractivity contribution in [1.29, 1.82) is 0 Å². The minimum absolute atomic E-state index is 0.1000. The largest absolute Gasteiger partial charge is 0.279 e. The van der Waals surface area contributed by atoms with Crippen LogP contribution >= 0.6 is 35.0 Å². The zero-order valence-electron chi connectivity index (χ0n) is 16.1. The van der Waals surface area contributed by atoms with Crippen molar-refractivity contribution in [2.24, 2.45) is 4.99 Å². The molecule has 1 aliphatic heterocycles. The molecule has 3 aromatic rings. The van der Waals surface area contributed by atoms with Crippen molar-refractivity contribution in [1.82, 2.24) is 4.90 Å². The number of carbonyl (C=O) groups is 1. The maximum atomic E-state index is 13.4. The molecule has 0 N–H and O–H groups in total. The van der Waals surface area contributed by atoms with Crippen molar-refractivity contribution >= 4 is 57.8 Å². The third-order valence-electron chi connectivity index (χ3n) is 4.74. The third-order valence-corrected chi connectivity index (χ3v) is 6.28. The van der Waals surface area contributed by atoms with Crippen LogP contribution < -0.4 is 0 Å². The van der Waals surface area contributed by atoms with Crippen molar-refractivity contribution < 1.29 is 4.79 Å². The van der Waals surface area contributed by atoms with Gasteiger partial charge in [-0.05, 0) is 60.2 Å². The number of nitrogens with zero attached hydrogens (tertiary/aromatic N) is 2. The van der Waals surface area contributed by atoms with Crippen LogP contribution in [0.1, 0.15) is 24.1 Å². The predicted molar refractivity (Wildman–Crippen MR) is 127 cm³/mol. The first kappa shape index (κ1) is 20.7. The Hall–Kier alpha value is -2.53. The number of para-hydroxylation sites is 1. The van der Waals surface area contributed by atoms with Gasteiger partial charge >= 0.3 is 0 Å². The van der Waals surface area contributed by atoms with E-state index in [1.807, 2.05) is 73.7 Å². The average Bonchev–Trinajstić information content (AvgIpc) is 3.05. The Balaban J connectivity index is 1.76. The number of amides is 1. The van der Waals surface area contributed by atoms with E-state index in [0.29, 0.717) is 20.1 Å². The summed E-state index contributed by atoms with van der Waals surface area (Å²) in [4.78, 5) is 20.5. The number of carbonyl (C=O) groups excluding carboxylic acids is 1.